The lowest BCUT2D eigenvalue weighted by Crippen LogP contribution is -2.44. The van der Waals surface area contributed by atoms with Gasteiger partial charge in [0.1, 0.15) is 6.10 Å². The zero-order valence-electron chi connectivity index (χ0n) is 12.1. The standard InChI is InChI=1S/C14H23NO5/c1-9(7-13(16)17)15(19-2)14(18)12-8-10-5-3-4-6-11(10)20-12/h9-12H,3-8H2,1-2H3,(H,16,17)/t9?,10-,11+,12?/m0/s1. The summed E-state index contributed by atoms with van der Waals surface area (Å²) in [4.78, 5) is 28.3. The SMILES string of the molecule is CON(C(=O)C1C[C@@H]2CCCC[C@H]2O1)C(C)CC(=O)O. The smallest absolute Gasteiger partial charge is 0.305 e. The number of amides is 1. The highest BCUT2D eigenvalue weighted by atomic mass is 16.7. The predicted octanol–water partition coefficient (Wildman–Crippen LogP) is 1.59. The van der Waals surface area contributed by atoms with E-state index >= 15 is 0 Å². The largest absolute Gasteiger partial charge is 0.481 e. The first kappa shape index (κ1) is 15.3. The van der Waals surface area contributed by atoms with Crippen molar-refractivity contribution in [3.8, 4) is 0 Å². The number of carboxylic acid groups (broad SMARTS) is 1. The molecule has 6 heteroatoms. The number of fused-ring (bicyclic) bond motifs is 1. The van der Waals surface area contributed by atoms with Crippen LogP contribution in [0.1, 0.15) is 45.4 Å². The van der Waals surface area contributed by atoms with E-state index in [1.54, 1.807) is 6.92 Å². The molecule has 0 radical (unpaired) electrons. The van der Waals surface area contributed by atoms with Gasteiger partial charge in [-0.2, -0.15) is 0 Å². The van der Waals surface area contributed by atoms with Crippen LogP contribution < -0.4 is 0 Å². The molecule has 0 aromatic carbocycles. The second kappa shape index (κ2) is 6.54. The molecule has 1 saturated heterocycles. The Hall–Kier alpha value is -1.14. The third kappa shape index (κ3) is 3.30. The van der Waals surface area contributed by atoms with Crippen molar-refractivity contribution >= 4 is 11.9 Å². The topological polar surface area (TPSA) is 76.1 Å². The normalized spacial score (nSPS) is 30.6. The Bertz CT molecular complexity index is 359. The van der Waals surface area contributed by atoms with Crippen LogP contribution in [-0.2, 0) is 19.2 Å². The van der Waals surface area contributed by atoms with Crippen LogP contribution in [0.5, 0.6) is 0 Å². The first-order valence-electron chi connectivity index (χ1n) is 7.27. The van der Waals surface area contributed by atoms with E-state index in [0.29, 0.717) is 5.92 Å². The Kier molecular flexibility index (Phi) is 4.99. The molecule has 4 atom stereocenters. The Labute approximate surface area is 119 Å². The molecule has 0 aromatic rings. The van der Waals surface area contributed by atoms with Crippen molar-refractivity contribution in [3.63, 3.8) is 0 Å². The lowest BCUT2D eigenvalue weighted by atomic mass is 9.85. The number of carbonyl (C=O) groups is 2. The molecule has 2 aliphatic rings. The van der Waals surface area contributed by atoms with E-state index in [1.165, 1.54) is 13.5 Å². The highest BCUT2D eigenvalue weighted by Crippen LogP contribution is 2.38. The second-order valence-electron chi connectivity index (χ2n) is 5.74. The molecule has 1 saturated carbocycles. The molecule has 0 bridgehead atoms. The summed E-state index contributed by atoms with van der Waals surface area (Å²) < 4.78 is 5.85. The Balaban J connectivity index is 1.96. The highest BCUT2D eigenvalue weighted by Gasteiger charge is 2.42. The monoisotopic (exact) mass is 285 g/mol. The third-order valence-corrected chi connectivity index (χ3v) is 4.25. The number of nitrogens with zero attached hydrogens (tertiary/aromatic N) is 1. The minimum Gasteiger partial charge on any atom is -0.481 e. The lowest BCUT2D eigenvalue weighted by Gasteiger charge is -2.27. The summed E-state index contributed by atoms with van der Waals surface area (Å²) in [7, 11) is 1.39. The van der Waals surface area contributed by atoms with Gasteiger partial charge >= 0.3 is 5.97 Å². The third-order valence-electron chi connectivity index (χ3n) is 4.25. The van der Waals surface area contributed by atoms with Crippen LogP contribution in [0.3, 0.4) is 0 Å². The van der Waals surface area contributed by atoms with Crippen LogP contribution in [0.25, 0.3) is 0 Å². The maximum absolute atomic E-state index is 12.4. The molecule has 2 rings (SSSR count). The minimum absolute atomic E-state index is 0.140. The Morgan fingerprint density at radius 2 is 2.10 bits per heavy atom. The molecule has 1 N–H and O–H groups in total. The number of carboxylic acids is 1. The van der Waals surface area contributed by atoms with Crippen molar-refractivity contribution < 1.29 is 24.3 Å². The molecule has 1 heterocycles. The van der Waals surface area contributed by atoms with Gasteiger partial charge in [0.05, 0.1) is 25.7 Å². The van der Waals surface area contributed by atoms with E-state index in [0.717, 1.165) is 30.7 Å². The molecule has 1 aliphatic carbocycles. The van der Waals surface area contributed by atoms with Gasteiger partial charge in [-0.25, -0.2) is 5.06 Å². The summed E-state index contributed by atoms with van der Waals surface area (Å²) in [5, 5.41) is 9.97. The van der Waals surface area contributed by atoms with Crippen LogP contribution in [0.15, 0.2) is 0 Å². The predicted molar refractivity (Wildman–Crippen MR) is 70.8 cm³/mol. The van der Waals surface area contributed by atoms with E-state index in [1.807, 2.05) is 0 Å². The number of hydroxylamine groups is 2. The fraction of sp³-hybridized carbons (Fsp3) is 0.857. The molecule has 2 unspecified atom stereocenters. The molecular weight excluding hydrogens is 262 g/mol. The van der Waals surface area contributed by atoms with E-state index in [2.05, 4.69) is 0 Å². The van der Waals surface area contributed by atoms with E-state index in [4.69, 9.17) is 14.7 Å². The minimum atomic E-state index is -0.951. The van der Waals surface area contributed by atoms with Gasteiger partial charge < -0.3 is 9.84 Å². The molecule has 20 heavy (non-hydrogen) atoms. The molecule has 1 amide bonds. The average molecular weight is 285 g/mol. The van der Waals surface area contributed by atoms with Gasteiger partial charge in [0.2, 0.25) is 0 Å². The van der Waals surface area contributed by atoms with Gasteiger partial charge in [-0.05, 0) is 32.1 Å². The molecule has 6 nitrogen and oxygen atoms in total. The lowest BCUT2D eigenvalue weighted by molar-refractivity contribution is -0.199. The maximum Gasteiger partial charge on any atom is 0.305 e. The summed E-state index contributed by atoms with van der Waals surface area (Å²) in [5.41, 5.74) is 0. The average Bonchev–Trinajstić information content (AvgIpc) is 2.82. The zero-order chi connectivity index (χ0) is 14.7. The quantitative estimate of drug-likeness (QED) is 0.776. The summed E-state index contributed by atoms with van der Waals surface area (Å²) in [5.74, 6) is -0.741. The fourth-order valence-corrected chi connectivity index (χ4v) is 3.29. The van der Waals surface area contributed by atoms with Crippen molar-refractivity contribution in [2.75, 3.05) is 7.11 Å². The number of hydrogen-bond donors (Lipinski definition) is 1. The molecular formula is C14H23NO5. The van der Waals surface area contributed by atoms with Crippen LogP contribution in [0.4, 0.5) is 0 Å². The number of hydrogen-bond acceptors (Lipinski definition) is 4. The van der Waals surface area contributed by atoms with Crippen molar-refractivity contribution in [2.45, 2.75) is 63.7 Å². The first-order chi connectivity index (χ1) is 9.52. The van der Waals surface area contributed by atoms with E-state index < -0.39 is 18.1 Å². The van der Waals surface area contributed by atoms with Gasteiger partial charge in [-0.3, -0.25) is 14.4 Å². The maximum atomic E-state index is 12.4. The Morgan fingerprint density at radius 3 is 2.70 bits per heavy atom. The molecule has 0 aromatic heterocycles. The van der Waals surface area contributed by atoms with Crippen LogP contribution >= 0.6 is 0 Å². The van der Waals surface area contributed by atoms with Gasteiger partial charge in [0.15, 0.2) is 0 Å². The second-order valence-corrected chi connectivity index (χ2v) is 5.74. The summed E-state index contributed by atoms with van der Waals surface area (Å²) in [6, 6.07) is -0.503. The van der Waals surface area contributed by atoms with E-state index in [-0.39, 0.29) is 18.4 Å². The van der Waals surface area contributed by atoms with Crippen molar-refractivity contribution in [1.82, 2.24) is 5.06 Å². The molecule has 0 spiro atoms. The number of carbonyl (C=O) groups excluding carboxylic acids is 1. The van der Waals surface area contributed by atoms with Crippen LogP contribution in [0.2, 0.25) is 0 Å². The van der Waals surface area contributed by atoms with Gasteiger partial charge in [0, 0.05) is 0 Å². The molecule has 1 aliphatic heterocycles. The number of rotatable bonds is 5. The van der Waals surface area contributed by atoms with Crippen LogP contribution in [-0.4, -0.2) is 47.4 Å². The molecule has 114 valence electrons. The highest BCUT2D eigenvalue weighted by molar-refractivity contribution is 5.81. The fourth-order valence-electron chi connectivity index (χ4n) is 3.29. The van der Waals surface area contributed by atoms with Crippen molar-refractivity contribution in [2.24, 2.45) is 5.92 Å². The van der Waals surface area contributed by atoms with Crippen molar-refractivity contribution in [1.29, 1.82) is 0 Å². The first-order valence-corrected chi connectivity index (χ1v) is 7.27. The van der Waals surface area contributed by atoms with Crippen LogP contribution in [0, 0.1) is 5.92 Å². The summed E-state index contributed by atoms with van der Waals surface area (Å²) >= 11 is 0. The van der Waals surface area contributed by atoms with Gasteiger partial charge in [0.25, 0.3) is 5.91 Å². The number of ether oxygens (including phenoxy) is 1. The Morgan fingerprint density at radius 1 is 1.40 bits per heavy atom. The van der Waals surface area contributed by atoms with Crippen molar-refractivity contribution in [3.05, 3.63) is 0 Å². The summed E-state index contributed by atoms with van der Waals surface area (Å²) in [6.45, 7) is 1.66. The molecule has 2 fully saturated rings. The van der Waals surface area contributed by atoms with Gasteiger partial charge in [-0.1, -0.05) is 12.8 Å². The summed E-state index contributed by atoms with van der Waals surface area (Å²) in [6.07, 6.45) is 4.78. The zero-order valence-corrected chi connectivity index (χ0v) is 12.1. The van der Waals surface area contributed by atoms with E-state index in [9.17, 15) is 9.59 Å². The number of aliphatic carboxylic acids is 1. The van der Waals surface area contributed by atoms with Gasteiger partial charge in [-0.15, -0.1) is 0 Å².